The van der Waals surface area contributed by atoms with E-state index >= 15 is 0 Å². The Balaban J connectivity index is 2.77. The van der Waals surface area contributed by atoms with Crippen LogP contribution in [0, 0.1) is 11.7 Å². The fourth-order valence-electron chi connectivity index (χ4n) is 1.62. The topological polar surface area (TPSA) is 0 Å². The third-order valence-electron chi connectivity index (χ3n) is 2.65. The van der Waals surface area contributed by atoms with Crippen LogP contribution in [-0.4, -0.2) is 0 Å². The van der Waals surface area contributed by atoms with E-state index in [1.54, 1.807) is 0 Å². The monoisotopic (exact) mass is 258 g/mol. The van der Waals surface area contributed by atoms with Crippen molar-refractivity contribution in [3.63, 3.8) is 0 Å². The molecule has 0 aliphatic carbocycles. The Labute approximate surface area is 93.7 Å². The Morgan fingerprint density at radius 2 is 1.64 bits per heavy atom. The molecule has 1 rings (SSSR count). The summed E-state index contributed by atoms with van der Waals surface area (Å²) in [6, 6.07) is 6.75. The highest BCUT2D eigenvalue weighted by Crippen LogP contribution is 2.34. The zero-order valence-corrected chi connectivity index (χ0v) is 10.2. The van der Waals surface area contributed by atoms with E-state index in [-0.39, 0.29) is 5.82 Å². The van der Waals surface area contributed by atoms with Gasteiger partial charge in [0.2, 0.25) is 0 Å². The van der Waals surface area contributed by atoms with E-state index in [0.717, 1.165) is 12.8 Å². The number of rotatable bonds is 4. The molecule has 0 nitrogen and oxygen atoms in total. The Morgan fingerprint density at radius 3 is 2.07 bits per heavy atom. The highest BCUT2D eigenvalue weighted by molar-refractivity contribution is 9.09. The first-order valence-electron chi connectivity index (χ1n) is 5.08. The quantitative estimate of drug-likeness (QED) is 0.687. The van der Waals surface area contributed by atoms with Crippen molar-refractivity contribution in [1.82, 2.24) is 0 Å². The molecule has 0 aromatic heterocycles. The van der Waals surface area contributed by atoms with Crippen LogP contribution in [0.25, 0.3) is 0 Å². The Bertz CT molecular complexity index is 264. The van der Waals surface area contributed by atoms with Crippen LogP contribution in [0.1, 0.15) is 37.1 Å². The summed E-state index contributed by atoms with van der Waals surface area (Å²) in [4.78, 5) is 0.345. The molecule has 0 heterocycles. The van der Waals surface area contributed by atoms with E-state index in [4.69, 9.17) is 0 Å². The first-order valence-corrected chi connectivity index (χ1v) is 6.00. The molecule has 0 amide bonds. The first kappa shape index (κ1) is 11.7. The number of alkyl halides is 1. The minimum atomic E-state index is -0.169. The fraction of sp³-hybridized carbons (Fsp3) is 0.500. The van der Waals surface area contributed by atoms with Gasteiger partial charge in [-0.15, -0.1) is 0 Å². The van der Waals surface area contributed by atoms with Gasteiger partial charge in [0, 0.05) is 4.83 Å². The lowest BCUT2D eigenvalue weighted by molar-refractivity contribution is 0.486. The second-order valence-electron chi connectivity index (χ2n) is 3.53. The fourth-order valence-corrected chi connectivity index (χ4v) is 2.67. The zero-order valence-electron chi connectivity index (χ0n) is 8.63. The third-order valence-corrected chi connectivity index (χ3v) is 3.93. The van der Waals surface area contributed by atoms with Crippen molar-refractivity contribution in [2.45, 2.75) is 31.5 Å². The van der Waals surface area contributed by atoms with Crippen LogP contribution in [0.3, 0.4) is 0 Å². The van der Waals surface area contributed by atoms with Crippen LogP contribution in [0.15, 0.2) is 24.3 Å². The van der Waals surface area contributed by atoms with Gasteiger partial charge < -0.3 is 0 Å². The second-order valence-corrected chi connectivity index (χ2v) is 4.52. The van der Waals surface area contributed by atoms with Gasteiger partial charge >= 0.3 is 0 Å². The van der Waals surface area contributed by atoms with Crippen molar-refractivity contribution in [2.75, 3.05) is 0 Å². The molecule has 0 aliphatic heterocycles. The standard InChI is InChI=1S/C12H16BrF/c1-3-9(4-2)12(13)10-5-7-11(14)8-6-10/h5-9,12H,3-4H2,1-2H3. The molecule has 1 atom stereocenters. The summed E-state index contributed by atoms with van der Waals surface area (Å²) < 4.78 is 12.7. The molecule has 1 aromatic carbocycles. The lowest BCUT2D eigenvalue weighted by Crippen LogP contribution is -2.05. The smallest absolute Gasteiger partial charge is 0.123 e. The van der Waals surface area contributed by atoms with Crippen molar-refractivity contribution in [3.8, 4) is 0 Å². The third kappa shape index (κ3) is 2.81. The molecule has 1 unspecified atom stereocenters. The summed E-state index contributed by atoms with van der Waals surface area (Å²) in [6.07, 6.45) is 2.29. The van der Waals surface area contributed by atoms with Gasteiger partial charge in [-0.2, -0.15) is 0 Å². The summed E-state index contributed by atoms with van der Waals surface area (Å²) >= 11 is 3.67. The van der Waals surface area contributed by atoms with Crippen molar-refractivity contribution in [1.29, 1.82) is 0 Å². The Hall–Kier alpha value is -0.370. The predicted molar refractivity (Wildman–Crippen MR) is 62.1 cm³/mol. The van der Waals surface area contributed by atoms with Gasteiger partial charge in [-0.3, -0.25) is 0 Å². The molecule has 0 bridgehead atoms. The molecule has 0 spiro atoms. The maximum Gasteiger partial charge on any atom is 0.123 e. The molecule has 1 aromatic rings. The minimum Gasteiger partial charge on any atom is -0.207 e. The van der Waals surface area contributed by atoms with Crippen LogP contribution in [0.4, 0.5) is 4.39 Å². The van der Waals surface area contributed by atoms with Crippen LogP contribution >= 0.6 is 15.9 Å². The average Bonchev–Trinajstić information content (AvgIpc) is 2.20. The number of benzene rings is 1. The van der Waals surface area contributed by atoms with Gasteiger partial charge in [0.05, 0.1) is 0 Å². The van der Waals surface area contributed by atoms with Gasteiger partial charge in [0.1, 0.15) is 5.82 Å². The van der Waals surface area contributed by atoms with Gasteiger partial charge in [-0.05, 0) is 23.6 Å². The van der Waals surface area contributed by atoms with Crippen molar-refractivity contribution in [3.05, 3.63) is 35.6 Å². The highest BCUT2D eigenvalue weighted by atomic mass is 79.9. The van der Waals surface area contributed by atoms with E-state index in [1.807, 2.05) is 12.1 Å². The largest absolute Gasteiger partial charge is 0.207 e. The van der Waals surface area contributed by atoms with Crippen molar-refractivity contribution in [2.24, 2.45) is 5.92 Å². The summed E-state index contributed by atoms with van der Waals surface area (Å²) in [7, 11) is 0. The summed E-state index contributed by atoms with van der Waals surface area (Å²) in [5.41, 5.74) is 1.17. The van der Waals surface area contributed by atoms with Crippen LogP contribution in [0.5, 0.6) is 0 Å². The van der Waals surface area contributed by atoms with E-state index in [2.05, 4.69) is 29.8 Å². The van der Waals surface area contributed by atoms with Gasteiger partial charge in [-0.25, -0.2) is 4.39 Å². The van der Waals surface area contributed by atoms with Gasteiger partial charge in [0.15, 0.2) is 0 Å². The van der Waals surface area contributed by atoms with Crippen LogP contribution in [0.2, 0.25) is 0 Å². The normalized spacial score (nSPS) is 13.2. The summed E-state index contributed by atoms with van der Waals surface area (Å²) in [5, 5.41) is 0. The first-order chi connectivity index (χ1) is 6.69. The molecule has 0 N–H and O–H groups in total. The van der Waals surface area contributed by atoms with E-state index < -0.39 is 0 Å². The molecule has 0 fully saturated rings. The summed E-state index contributed by atoms with van der Waals surface area (Å²) in [5.74, 6) is 0.457. The molecule has 0 saturated carbocycles. The zero-order chi connectivity index (χ0) is 10.6. The molecule has 0 saturated heterocycles. The maximum atomic E-state index is 12.7. The van der Waals surface area contributed by atoms with Gasteiger partial charge in [0.25, 0.3) is 0 Å². The summed E-state index contributed by atoms with van der Waals surface area (Å²) in [6.45, 7) is 4.37. The minimum absolute atomic E-state index is 0.169. The predicted octanol–water partition coefficient (Wildman–Crippen LogP) is 4.70. The molecular weight excluding hydrogens is 243 g/mol. The van der Waals surface area contributed by atoms with E-state index in [0.29, 0.717) is 10.7 Å². The SMILES string of the molecule is CCC(CC)C(Br)c1ccc(F)cc1. The highest BCUT2D eigenvalue weighted by Gasteiger charge is 2.16. The number of halogens is 2. The molecule has 0 radical (unpaired) electrons. The molecular formula is C12H16BrF. The molecule has 2 heteroatoms. The molecule has 0 aliphatic rings. The Morgan fingerprint density at radius 1 is 1.14 bits per heavy atom. The lowest BCUT2D eigenvalue weighted by atomic mass is 9.94. The average molecular weight is 259 g/mol. The lowest BCUT2D eigenvalue weighted by Gasteiger charge is -2.19. The Kier molecular flexibility index (Phi) is 4.59. The molecule has 78 valence electrons. The van der Waals surface area contributed by atoms with E-state index in [1.165, 1.54) is 17.7 Å². The number of hydrogen-bond acceptors (Lipinski definition) is 0. The van der Waals surface area contributed by atoms with Crippen LogP contribution < -0.4 is 0 Å². The van der Waals surface area contributed by atoms with Crippen molar-refractivity contribution < 1.29 is 4.39 Å². The maximum absolute atomic E-state index is 12.7. The van der Waals surface area contributed by atoms with Crippen LogP contribution in [-0.2, 0) is 0 Å². The number of hydrogen-bond donors (Lipinski definition) is 0. The second kappa shape index (κ2) is 5.50. The van der Waals surface area contributed by atoms with Gasteiger partial charge in [-0.1, -0.05) is 54.8 Å². The van der Waals surface area contributed by atoms with E-state index in [9.17, 15) is 4.39 Å². The molecule has 14 heavy (non-hydrogen) atoms. The van der Waals surface area contributed by atoms with Crippen molar-refractivity contribution >= 4 is 15.9 Å².